The summed E-state index contributed by atoms with van der Waals surface area (Å²) in [4.78, 5) is 52.8. The SMILES string of the molecule is O=C(CCCCC1SCC2NC(=O)NC21)NCCOc1ccc(-c2cnc(-c3cc[n+](CCN4C(=O)C=CC4=O)cc3)o2)cc1. The number of hydrogen-bond acceptors (Lipinski definition) is 8. The van der Waals surface area contributed by atoms with Crippen molar-refractivity contribution in [2.45, 2.75) is 49.6 Å². The Bertz CT molecular complexity index is 1560. The van der Waals surface area contributed by atoms with Crippen molar-refractivity contribution in [3.8, 4) is 28.5 Å². The molecule has 3 atom stereocenters. The zero-order chi connectivity index (χ0) is 31.2. The zero-order valence-electron chi connectivity index (χ0n) is 24.6. The number of carbonyl (C=O) groups excluding carboxylic acids is 4. The molecular weight excluding hydrogens is 596 g/mol. The molecule has 12 nitrogen and oxygen atoms in total. The summed E-state index contributed by atoms with van der Waals surface area (Å²) in [5.74, 6) is 2.18. The summed E-state index contributed by atoms with van der Waals surface area (Å²) in [6.07, 6.45) is 11.2. The normalized spacial score (nSPS) is 20.3. The van der Waals surface area contributed by atoms with Crippen LogP contribution >= 0.6 is 11.8 Å². The first-order valence-corrected chi connectivity index (χ1v) is 16.2. The Morgan fingerprint density at radius 2 is 1.82 bits per heavy atom. The second-order valence-electron chi connectivity index (χ2n) is 11.1. The average Bonchev–Trinajstić information content (AvgIpc) is 3.83. The van der Waals surface area contributed by atoms with Gasteiger partial charge in [-0.1, -0.05) is 6.42 Å². The van der Waals surface area contributed by atoms with Gasteiger partial charge in [0.05, 0.1) is 31.4 Å². The van der Waals surface area contributed by atoms with Crippen molar-refractivity contribution in [3.05, 3.63) is 67.1 Å². The van der Waals surface area contributed by atoms with Crippen molar-refractivity contribution in [2.24, 2.45) is 0 Å². The lowest BCUT2D eigenvalue weighted by molar-refractivity contribution is -0.695. The lowest BCUT2D eigenvalue weighted by Crippen LogP contribution is -2.42. The van der Waals surface area contributed by atoms with Crippen molar-refractivity contribution < 1.29 is 32.9 Å². The van der Waals surface area contributed by atoms with E-state index in [4.69, 9.17) is 9.15 Å². The number of pyridine rings is 1. The second kappa shape index (κ2) is 14.0. The van der Waals surface area contributed by atoms with Gasteiger partial charge >= 0.3 is 6.03 Å². The molecule has 0 spiro atoms. The van der Waals surface area contributed by atoms with Crippen molar-refractivity contribution >= 4 is 35.5 Å². The minimum Gasteiger partial charge on any atom is -0.492 e. The van der Waals surface area contributed by atoms with Crippen molar-refractivity contribution in [2.75, 3.05) is 25.4 Å². The van der Waals surface area contributed by atoms with Crippen LogP contribution in [0.3, 0.4) is 0 Å². The smallest absolute Gasteiger partial charge is 0.315 e. The highest BCUT2D eigenvalue weighted by molar-refractivity contribution is 8.00. The molecule has 1 aromatic carbocycles. The van der Waals surface area contributed by atoms with E-state index in [9.17, 15) is 19.2 Å². The molecule has 13 heteroatoms. The maximum atomic E-state index is 12.2. The molecule has 5 amide bonds. The van der Waals surface area contributed by atoms with Crippen LogP contribution in [0.15, 0.2) is 71.6 Å². The second-order valence-corrected chi connectivity index (χ2v) is 12.4. The van der Waals surface area contributed by atoms with E-state index in [1.165, 1.54) is 17.1 Å². The van der Waals surface area contributed by atoms with Gasteiger partial charge in [0.15, 0.2) is 24.7 Å². The molecule has 2 fully saturated rings. The van der Waals surface area contributed by atoms with Gasteiger partial charge in [0, 0.05) is 52.8 Å². The minimum absolute atomic E-state index is 0.0173. The van der Waals surface area contributed by atoms with E-state index in [0.717, 1.165) is 36.1 Å². The third-order valence-corrected chi connectivity index (χ3v) is 9.55. The van der Waals surface area contributed by atoms with Crippen molar-refractivity contribution in [3.63, 3.8) is 0 Å². The number of oxazole rings is 1. The predicted molar refractivity (Wildman–Crippen MR) is 166 cm³/mol. The number of nitrogens with zero attached hydrogens (tertiary/aromatic N) is 3. The Morgan fingerprint density at radius 3 is 2.60 bits per heavy atom. The summed E-state index contributed by atoms with van der Waals surface area (Å²) in [6.45, 7) is 1.57. The van der Waals surface area contributed by atoms with Gasteiger partial charge in [-0.3, -0.25) is 19.3 Å². The van der Waals surface area contributed by atoms with E-state index < -0.39 is 0 Å². The standard InChI is InChI=1S/C32H34N6O6S/c39-27(4-2-1-3-26-30-24(20-45-26)35-32(42)36-30)33-13-18-43-23-7-5-21(6-8-23)25-19-34-31(44-25)22-11-14-37(15-12-22)16-17-38-28(40)9-10-29(38)41/h5-12,14-15,19,24,26,30H,1-4,13,16-18,20H2,(H2-,33,35,36,39,42)/p+1. The molecule has 3 aromatic rings. The third-order valence-electron chi connectivity index (χ3n) is 8.04. The number of carbonyl (C=O) groups is 4. The first-order chi connectivity index (χ1) is 21.9. The first-order valence-electron chi connectivity index (χ1n) is 15.1. The topological polar surface area (TPSA) is 147 Å². The molecule has 3 aliphatic rings. The summed E-state index contributed by atoms with van der Waals surface area (Å²) in [5, 5.41) is 9.29. The Hall–Kier alpha value is -4.65. The number of imide groups is 1. The van der Waals surface area contributed by atoms with Crippen LogP contribution < -0.4 is 25.3 Å². The number of fused-ring (bicyclic) bond motifs is 1. The molecule has 3 aliphatic heterocycles. The van der Waals surface area contributed by atoms with Crippen LogP contribution in [0.5, 0.6) is 5.75 Å². The van der Waals surface area contributed by atoms with Crippen LogP contribution in [0.2, 0.25) is 0 Å². The largest absolute Gasteiger partial charge is 0.492 e. The van der Waals surface area contributed by atoms with E-state index in [-0.39, 0.29) is 35.8 Å². The van der Waals surface area contributed by atoms with Gasteiger partial charge in [-0.05, 0) is 37.1 Å². The quantitative estimate of drug-likeness (QED) is 0.106. The van der Waals surface area contributed by atoms with Crippen LogP contribution in [0.25, 0.3) is 22.8 Å². The lowest BCUT2D eigenvalue weighted by Gasteiger charge is -2.16. The van der Waals surface area contributed by atoms with E-state index in [1.54, 1.807) is 6.20 Å². The summed E-state index contributed by atoms with van der Waals surface area (Å²) < 4.78 is 13.7. The van der Waals surface area contributed by atoms with Gasteiger partial charge in [-0.25, -0.2) is 14.3 Å². The number of amides is 5. The van der Waals surface area contributed by atoms with Crippen LogP contribution in [0, 0.1) is 0 Å². The molecule has 234 valence electrons. The van der Waals surface area contributed by atoms with E-state index in [1.807, 2.05) is 65.1 Å². The van der Waals surface area contributed by atoms with Crippen molar-refractivity contribution in [1.82, 2.24) is 25.8 Å². The van der Waals surface area contributed by atoms with E-state index in [2.05, 4.69) is 20.9 Å². The highest BCUT2D eigenvalue weighted by Crippen LogP contribution is 2.33. The first kappa shape index (κ1) is 30.4. The highest BCUT2D eigenvalue weighted by atomic mass is 32.2. The van der Waals surface area contributed by atoms with Gasteiger partial charge in [0.25, 0.3) is 11.8 Å². The van der Waals surface area contributed by atoms with Gasteiger partial charge in [-0.15, -0.1) is 0 Å². The molecule has 0 saturated carbocycles. The third kappa shape index (κ3) is 7.54. The van der Waals surface area contributed by atoms with Crippen LogP contribution in [0.4, 0.5) is 4.79 Å². The number of thioether (sulfide) groups is 1. The van der Waals surface area contributed by atoms with E-state index >= 15 is 0 Å². The molecule has 3 N–H and O–H groups in total. The predicted octanol–water partition coefficient (Wildman–Crippen LogP) is 2.44. The van der Waals surface area contributed by atoms with E-state index in [0.29, 0.717) is 55.3 Å². The van der Waals surface area contributed by atoms with Gasteiger partial charge in [-0.2, -0.15) is 11.8 Å². The molecule has 0 radical (unpaired) electrons. The Morgan fingerprint density at radius 1 is 1.04 bits per heavy atom. The highest BCUT2D eigenvalue weighted by Gasteiger charge is 2.42. The Kier molecular flexibility index (Phi) is 9.44. The van der Waals surface area contributed by atoms with Gasteiger partial charge in [0.2, 0.25) is 11.8 Å². The number of benzene rings is 1. The van der Waals surface area contributed by atoms with Gasteiger partial charge < -0.3 is 25.1 Å². The Labute approximate surface area is 264 Å². The number of hydrogen-bond donors (Lipinski definition) is 3. The fourth-order valence-electron chi connectivity index (χ4n) is 5.59. The minimum atomic E-state index is -0.288. The fourth-order valence-corrected chi connectivity index (χ4v) is 7.14. The number of unbranched alkanes of at least 4 members (excludes halogenated alkanes) is 1. The molecule has 45 heavy (non-hydrogen) atoms. The molecule has 0 aliphatic carbocycles. The van der Waals surface area contributed by atoms with Crippen LogP contribution in [-0.4, -0.2) is 76.4 Å². The number of aromatic nitrogens is 2. The summed E-state index contributed by atoms with van der Waals surface area (Å²) >= 11 is 1.89. The summed E-state index contributed by atoms with van der Waals surface area (Å²) in [6, 6.07) is 11.6. The number of ether oxygens (including phenoxy) is 1. The molecule has 5 heterocycles. The maximum Gasteiger partial charge on any atom is 0.315 e. The maximum absolute atomic E-state index is 12.2. The number of rotatable bonds is 14. The molecule has 2 saturated heterocycles. The molecular formula is C32H35N6O6S+. The van der Waals surface area contributed by atoms with Crippen molar-refractivity contribution in [1.29, 1.82) is 0 Å². The molecule has 6 rings (SSSR count). The monoisotopic (exact) mass is 631 g/mol. The summed E-state index contributed by atoms with van der Waals surface area (Å²) in [5.41, 5.74) is 1.66. The molecule has 2 aromatic heterocycles. The summed E-state index contributed by atoms with van der Waals surface area (Å²) in [7, 11) is 0. The average molecular weight is 632 g/mol. The lowest BCUT2D eigenvalue weighted by atomic mass is 10.0. The van der Waals surface area contributed by atoms with Crippen LogP contribution in [-0.2, 0) is 20.9 Å². The van der Waals surface area contributed by atoms with Crippen LogP contribution in [0.1, 0.15) is 25.7 Å². The fraction of sp³-hybridized carbons (Fsp3) is 0.375. The zero-order valence-corrected chi connectivity index (χ0v) is 25.5. The number of nitrogens with one attached hydrogen (secondary N) is 3. The molecule has 3 unspecified atom stereocenters. The molecule has 0 bridgehead atoms. The van der Waals surface area contributed by atoms with Gasteiger partial charge in [0.1, 0.15) is 12.4 Å². The number of urea groups is 1. The Balaban J connectivity index is 0.879.